The number of aliphatic hydroxyl groups is 2. The lowest BCUT2D eigenvalue weighted by Gasteiger charge is -2.36. The minimum atomic E-state index is -0.333. The summed E-state index contributed by atoms with van der Waals surface area (Å²) >= 11 is 0. The fourth-order valence-corrected chi connectivity index (χ4v) is 3.03. The van der Waals surface area contributed by atoms with Crippen molar-refractivity contribution < 1.29 is 10.2 Å². The first-order valence-corrected chi connectivity index (χ1v) is 8.95. The van der Waals surface area contributed by atoms with Crippen LogP contribution in [-0.2, 0) is 0 Å². The molecule has 0 bridgehead atoms. The van der Waals surface area contributed by atoms with E-state index in [0.717, 1.165) is 32.1 Å². The van der Waals surface area contributed by atoms with Gasteiger partial charge in [-0.15, -0.1) is 0 Å². The summed E-state index contributed by atoms with van der Waals surface area (Å²) in [5, 5.41) is 20.3. The Balaban J connectivity index is 4.13. The molecule has 20 heavy (non-hydrogen) atoms. The van der Waals surface area contributed by atoms with E-state index in [0.29, 0.717) is 0 Å². The van der Waals surface area contributed by atoms with Crippen molar-refractivity contribution in [3.8, 4) is 0 Å². The van der Waals surface area contributed by atoms with Gasteiger partial charge in [0.25, 0.3) is 0 Å². The van der Waals surface area contributed by atoms with Crippen LogP contribution < -0.4 is 0 Å². The monoisotopic (exact) mass is 286 g/mol. The Morgan fingerprint density at radius 1 is 0.800 bits per heavy atom. The minimum absolute atomic E-state index is 0.131. The zero-order chi connectivity index (χ0) is 15.3. The van der Waals surface area contributed by atoms with Crippen LogP contribution in [0.3, 0.4) is 0 Å². The van der Waals surface area contributed by atoms with E-state index in [1.165, 1.54) is 44.9 Å². The Morgan fingerprint density at radius 3 is 1.85 bits per heavy atom. The van der Waals surface area contributed by atoms with Crippen molar-refractivity contribution in [2.24, 2.45) is 5.41 Å². The second kappa shape index (κ2) is 12.6. The van der Waals surface area contributed by atoms with E-state index < -0.39 is 0 Å². The molecule has 2 N–H and O–H groups in total. The molecule has 2 nitrogen and oxygen atoms in total. The smallest absolute Gasteiger partial charge is 0.0618 e. The summed E-state index contributed by atoms with van der Waals surface area (Å²) in [7, 11) is 0. The second-order valence-corrected chi connectivity index (χ2v) is 6.40. The van der Waals surface area contributed by atoms with E-state index in [2.05, 4.69) is 20.8 Å². The van der Waals surface area contributed by atoms with E-state index in [9.17, 15) is 10.2 Å². The summed E-state index contributed by atoms with van der Waals surface area (Å²) in [6.07, 6.45) is 13.4. The molecule has 0 aromatic carbocycles. The zero-order valence-corrected chi connectivity index (χ0v) is 14.2. The second-order valence-electron chi connectivity index (χ2n) is 6.40. The van der Waals surface area contributed by atoms with Gasteiger partial charge >= 0.3 is 0 Å². The van der Waals surface area contributed by atoms with Gasteiger partial charge in [0.05, 0.1) is 12.7 Å². The third-order valence-electron chi connectivity index (χ3n) is 4.84. The molecular weight excluding hydrogens is 248 g/mol. The lowest BCUT2D eigenvalue weighted by atomic mass is 9.74. The van der Waals surface area contributed by atoms with Crippen LogP contribution in [-0.4, -0.2) is 22.9 Å². The molecule has 0 radical (unpaired) electrons. The molecule has 0 aromatic heterocycles. The average Bonchev–Trinajstić information content (AvgIpc) is 2.48. The normalized spacial score (nSPS) is 16.1. The summed E-state index contributed by atoms with van der Waals surface area (Å²) in [6, 6.07) is 0. The lowest BCUT2D eigenvalue weighted by Crippen LogP contribution is -2.38. The van der Waals surface area contributed by atoms with Crippen molar-refractivity contribution >= 4 is 0 Å². The summed E-state index contributed by atoms with van der Waals surface area (Å²) in [4.78, 5) is 0. The van der Waals surface area contributed by atoms with Crippen molar-refractivity contribution in [1.29, 1.82) is 0 Å². The highest BCUT2D eigenvalue weighted by Gasteiger charge is 2.34. The maximum atomic E-state index is 10.5. The highest BCUT2D eigenvalue weighted by molar-refractivity contribution is 4.85. The SMILES string of the molecule is CCCCCCCC(CC)(CO)C(O)CCCCCC. The van der Waals surface area contributed by atoms with Gasteiger partial charge in [0.1, 0.15) is 0 Å². The first kappa shape index (κ1) is 19.9. The van der Waals surface area contributed by atoms with Gasteiger partial charge in [-0.25, -0.2) is 0 Å². The van der Waals surface area contributed by atoms with Crippen molar-refractivity contribution in [2.45, 2.75) is 104 Å². The largest absolute Gasteiger partial charge is 0.396 e. The fourth-order valence-electron chi connectivity index (χ4n) is 3.03. The Bertz CT molecular complexity index is 200. The van der Waals surface area contributed by atoms with E-state index in [-0.39, 0.29) is 18.1 Å². The first-order chi connectivity index (χ1) is 9.66. The summed E-state index contributed by atoms with van der Waals surface area (Å²) in [6.45, 7) is 6.67. The maximum absolute atomic E-state index is 10.5. The Labute approximate surface area is 127 Å². The highest BCUT2D eigenvalue weighted by Crippen LogP contribution is 2.35. The number of rotatable bonds is 14. The summed E-state index contributed by atoms with van der Waals surface area (Å²) in [5.74, 6) is 0. The van der Waals surface area contributed by atoms with Crippen LogP contribution in [0.5, 0.6) is 0 Å². The van der Waals surface area contributed by atoms with E-state index in [1.807, 2.05) is 0 Å². The van der Waals surface area contributed by atoms with Gasteiger partial charge in [-0.2, -0.15) is 0 Å². The van der Waals surface area contributed by atoms with Gasteiger partial charge in [0, 0.05) is 5.41 Å². The minimum Gasteiger partial charge on any atom is -0.396 e. The van der Waals surface area contributed by atoms with Gasteiger partial charge in [0.2, 0.25) is 0 Å². The van der Waals surface area contributed by atoms with Gasteiger partial charge in [-0.3, -0.25) is 0 Å². The van der Waals surface area contributed by atoms with Crippen molar-refractivity contribution in [2.75, 3.05) is 6.61 Å². The van der Waals surface area contributed by atoms with Crippen molar-refractivity contribution in [1.82, 2.24) is 0 Å². The van der Waals surface area contributed by atoms with Gasteiger partial charge in [-0.05, 0) is 19.3 Å². The summed E-state index contributed by atoms with van der Waals surface area (Å²) < 4.78 is 0. The molecule has 2 heteroatoms. The van der Waals surface area contributed by atoms with Crippen molar-refractivity contribution in [3.05, 3.63) is 0 Å². The van der Waals surface area contributed by atoms with Crippen LogP contribution in [0.4, 0.5) is 0 Å². The standard InChI is InChI=1S/C18H38O2/c1-4-7-9-11-13-15-18(6-3,16-19)17(20)14-12-10-8-5-2/h17,19-20H,4-16H2,1-3H3. The zero-order valence-electron chi connectivity index (χ0n) is 14.2. The molecule has 0 saturated carbocycles. The topological polar surface area (TPSA) is 40.5 Å². The number of unbranched alkanes of at least 4 members (excludes halogenated alkanes) is 7. The predicted octanol–water partition coefficient (Wildman–Crippen LogP) is 5.07. The molecule has 0 spiro atoms. The maximum Gasteiger partial charge on any atom is 0.0618 e. The molecule has 0 amide bonds. The first-order valence-electron chi connectivity index (χ1n) is 8.95. The molecule has 2 atom stereocenters. The predicted molar refractivity (Wildman–Crippen MR) is 88.0 cm³/mol. The van der Waals surface area contributed by atoms with E-state index in [1.54, 1.807) is 0 Å². The van der Waals surface area contributed by atoms with E-state index in [4.69, 9.17) is 0 Å². The lowest BCUT2D eigenvalue weighted by molar-refractivity contribution is -0.0338. The molecule has 0 fully saturated rings. The van der Waals surface area contributed by atoms with Crippen LogP contribution in [0.2, 0.25) is 0 Å². The van der Waals surface area contributed by atoms with E-state index >= 15 is 0 Å². The van der Waals surface area contributed by atoms with Crippen LogP contribution in [0, 0.1) is 5.41 Å². The number of hydrogen-bond donors (Lipinski definition) is 2. The quantitative estimate of drug-likeness (QED) is 0.438. The molecule has 0 heterocycles. The molecule has 2 unspecified atom stereocenters. The Kier molecular flexibility index (Phi) is 12.6. The fraction of sp³-hybridized carbons (Fsp3) is 1.00. The molecular formula is C18H38O2. The number of aliphatic hydroxyl groups excluding tert-OH is 2. The Morgan fingerprint density at radius 2 is 1.35 bits per heavy atom. The molecule has 0 aromatic rings. The van der Waals surface area contributed by atoms with Crippen LogP contribution in [0.1, 0.15) is 97.8 Å². The average molecular weight is 287 g/mol. The van der Waals surface area contributed by atoms with Gasteiger partial charge in [-0.1, -0.05) is 78.6 Å². The highest BCUT2D eigenvalue weighted by atomic mass is 16.3. The molecule has 0 aliphatic heterocycles. The van der Waals surface area contributed by atoms with Gasteiger partial charge < -0.3 is 10.2 Å². The van der Waals surface area contributed by atoms with Crippen LogP contribution in [0.25, 0.3) is 0 Å². The summed E-state index contributed by atoms with van der Waals surface area (Å²) in [5.41, 5.74) is -0.252. The molecule has 0 aliphatic carbocycles. The molecule has 0 rings (SSSR count). The third kappa shape index (κ3) is 7.64. The molecule has 0 aliphatic rings. The molecule has 122 valence electrons. The van der Waals surface area contributed by atoms with Crippen LogP contribution in [0.15, 0.2) is 0 Å². The number of hydrogen-bond acceptors (Lipinski definition) is 2. The Hall–Kier alpha value is -0.0800. The van der Waals surface area contributed by atoms with Crippen molar-refractivity contribution in [3.63, 3.8) is 0 Å². The van der Waals surface area contributed by atoms with Crippen LogP contribution >= 0.6 is 0 Å². The third-order valence-corrected chi connectivity index (χ3v) is 4.84. The molecule has 0 saturated heterocycles. The van der Waals surface area contributed by atoms with Gasteiger partial charge in [0.15, 0.2) is 0 Å².